The Hall–Kier alpha value is -1.15. The fourth-order valence-corrected chi connectivity index (χ4v) is 1.14. The number of methoxy groups -OCH3 is 1. The highest BCUT2D eigenvalue weighted by atomic mass is 16.5. The van der Waals surface area contributed by atoms with Crippen molar-refractivity contribution in [3.8, 4) is 0 Å². The van der Waals surface area contributed by atoms with Crippen LogP contribution in [0, 0.1) is 0 Å². The van der Waals surface area contributed by atoms with Gasteiger partial charge in [0.25, 0.3) is 0 Å². The van der Waals surface area contributed by atoms with Crippen molar-refractivity contribution in [2.75, 3.05) is 7.11 Å². The van der Waals surface area contributed by atoms with Crippen LogP contribution in [0.2, 0.25) is 0 Å². The summed E-state index contributed by atoms with van der Waals surface area (Å²) in [7, 11) is 1.65. The van der Waals surface area contributed by atoms with Gasteiger partial charge in [-0.05, 0) is 11.1 Å². The molecule has 0 bridgehead atoms. The van der Waals surface area contributed by atoms with Crippen LogP contribution in [-0.2, 0) is 22.6 Å². The van der Waals surface area contributed by atoms with Crippen LogP contribution in [0.4, 0.5) is 0 Å². The summed E-state index contributed by atoms with van der Waals surface area (Å²) in [6, 6.07) is 7.80. The topological polar surface area (TPSA) is 26.3 Å². The minimum absolute atomic E-state index is 0.472. The fourth-order valence-electron chi connectivity index (χ4n) is 1.14. The number of rotatable bonds is 4. The van der Waals surface area contributed by atoms with E-state index in [2.05, 4.69) is 0 Å². The van der Waals surface area contributed by atoms with E-state index in [1.165, 1.54) is 0 Å². The van der Waals surface area contributed by atoms with Gasteiger partial charge in [-0.2, -0.15) is 0 Å². The van der Waals surface area contributed by atoms with Crippen LogP contribution >= 0.6 is 0 Å². The van der Waals surface area contributed by atoms with Crippen molar-refractivity contribution in [1.29, 1.82) is 0 Å². The van der Waals surface area contributed by atoms with Crippen LogP contribution in [0.3, 0.4) is 0 Å². The van der Waals surface area contributed by atoms with Crippen LogP contribution < -0.4 is 0 Å². The van der Waals surface area contributed by atoms with Gasteiger partial charge in [-0.3, -0.25) is 0 Å². The van der Waals surface area contributed by atoms with Crippen LogP contribution in [0.15, 0.2) is 24.3 Å². The highest BCUT2D eigenvalue weighted by Gasteiger charge is 1.98. The lowest BCUT2D eigenvalue weighted by Crippen LogP contribution is -1.95. The minimum atomic E-state index is 0.472. The highest BCUT2D eigenvalue weighted by molar-refractivity contribution is 5.56. The molecule has 0 aliphatic rings. The summed E-state index contributed by atoms with van der Waals surface area (Å²) in [5.41, 5.74) is 2.14. The second kappa shape index (κ2) is 4.67. The maximum Gasteiger partial charge on any atom is 0.124 e. The first-order chi connectivity index (χ1) is 5.88. The van der Waals surface area contributed by atoms with E-state index in [1.54, 1.807) is 7.11 Å². The predicted molar refractivity (Wildman–Crippen MR) is 46.9 cm³/mol. The van der Waals surface area contributed by atoms with E-state index < -0.39 is 0 Å². The second-order valence-corrected chi connectivity index (χ2v) is 2.57. The summed E-state index contributed by atoms with van der Waals surface area (Å²) in [6.45, 7) is 0.573. The van der Waals surface area contributed by atoms with E-state index >= 15 is 0 Å². The van der Waals surface area contributed by atoms with Crippen LogP contribution in [0.25, 0.3) is 0 Å². The summed E-state index contributed by atoms with van der Waals surface area (Å²) in [4.78, 5) is 10.3. The lowest BCUT2D eigenvalue weighted by atomic mass is 10.1. The van der Waals surface area contributed by atoms with E-state index in [9.17, 15) is 4.79 Å². The summed E-state index contributed by atoms with van der Waals surface area (Å²) in [6.07, 6.45) is 1.38. The molecule has 0 saturated carbocycles. The molecule has 0 spiro atoms. The standard InChI is InChI=1S/C10H12O2/c1-12-8-10-5-3-2-4-9(10)6-7-11/h2-5,7H,6,8H2,1H3. The number of aldehydes is 1. The van der Waals surface area contributed by atoms with E-state index in [0.29, 0.717) is 13.0 Å². The Kier molecular flexibility index (Phi) is 3.48. The maximum absolute atomic E-state index is 10.3. The lowest BCUT2D eigenvalue weighted by molar-refractivity contribution is -0.107. The summed E-state index contributed by atoms with van der Waals surface area (Å²) in [5, 5.41) is 0. The molecule has 0 aliphatic carbocycles. The van der Waals surface area contributed by atoms with Crippen molar-refractivity contribution in [1.82, 2.24) is 0 Å². The molecule has 1 aromatic rings. The molecule has 0 saturated heterocycles. The molecule has 1 rings (SSSR count). The Morgan fingerprint density at radius 2 is 2.00 bits per heavy atom. The zero-order chi connectivity index (χ0) is 8.81. The van der Waals surface area contributed by atoms with E-state index in [4.69, 9.17) is 4.74 Å². The molecular formula is C10H12O2. The van der Waals surface area contributed by atoms with Crippen LogP contribution in [0.1, 0.15) is 11.1 Å². The average molecular weight is 164 g/mol. The molecule has 0 heterocycles. The van der Waals surface area contributed by atoms with Gasteiger partial charge in [-0.1, -0.05) is 24.3 Å². The third-order valence-corrected chi connectivity index (χ3v) is 1.72. The van der Waals surface area contributed by atoms with Crippen molar-refractivity contribution in [2.45, 2.75) is 13.0 Å². The first-order valence-electron chi connectivity index (χ1n) is 3.88. The second-order valence-electron chi connectivity index (χ2n) is 2.57. The van der Waals surface area contributed by atoms with Crippen molar-refractivity contribution >= 4 is 6.29 Å². The van der Waals surface area contributed by atoms with Crippen molar-refractivity contribution in [3.63, 3.8) is 0 Å². The third-order valence-electron chi connectivity index (χ3n) is 1.72. The molecule has 0 unspecified atom stereocenters. The molecule has 2 nitrogen and oxygen atoms in total. The largest absolute Gasteiger partial charge is 0.380 e. The molecule has 0 atom stereocenters. The maximum atomic E-state index is 10.3. The first kappa shape index (κ1) is 8.94. The number of ether oxygens (including phenoxy) is 1. The summed E-state index contributed by atoms with van der Waals surface area (Å²) in [5.74, 6) is 0. The zero-order valence-electron chi connectivity index (χ0n) is 7.12. The number of benzene rings is 1. The molecular weight excluding hydrogens is 152 g/mol. The van der Waals surface area contributed by atoms with Gasteiger partial charge in [-0.15, -0.1) is 0 Å². The SMILES string of the molecule is COCc1ccccc1CC=O. The lowest BCUT2D eigenvalue weighted by Gasteiger charge is -2.04. The Morgan fingerprint density at radius 1 is 1.33 bits per heavy atom. The van der Waals surface area contributed by atoms with Crippen LogP contribution in [-0.4, -0.2) is 13.4 Å². The normalized spacial score (nSPS) is 9.75. The quantitative estimate of drug-likeness (QED) is 0.631. The Balaban J connectivity index is 2.83. The Morgan fingerprint density at radius 3 is 2.58 bits per heavy atom. The van der Waals surface area contributed by atoms with Crippen molar-refractivity contribution in [2.24, 2.45) is 0 Å². The van der Waals surface area contributed by atoms with E-state index in [0.717, 1.165) is 17.4 Å². The zero-order valence-corrected chi connectivity index (χ0v) is 7.12. The third kappa shape index (κ3) is 2.17. The molecule has 0 fully saturated rings. The van der Waals surface area contributed by atoms with Gasteiger partial charge in [0.2, 0.25) is 0 Å². The van der Waals surface area contributed by atoms with Gasteiger partial charge in [0.15, 0.2) is 0 Å². The first-order valence-corrected chi connectivity index (χ1v) is 3.88. The number of carbonyl (C=O) groups excluding carboxylic acids is 1. The molecule has 0 radical (unpaired) electrons. The predicted octanol–water partition coefficient (Wildman–Crippen LogP) is 1.57. The van der Waals surface area contributed by atoms with Crippen molar-refractivity contribution < 1.29 is 9.53 Å². The number of hydrogen-bond acceptors (Lipinski definition) is 2. The Bertz CT molecular complexity index is 256. The highest BCUT2D eigenvalue weighted by Crippen LogP contribution is 2.09. The van der Waals surface area contributed by atoms with Gasteiger partial charge in [0.1, 0.15) is 6.29 Å². The Labute approximate surface area is 72.2 Å². The van der Waals surface area contributed by atoms with E-state index in [-0.39, 0.29) is 0 Å². The van der Waals surface area contributed by atoms with Gasteiger partial charge < -0.3 is 9.53 Å². The van der Waals surface area contributed by atoms with Gasteiger partial charge >= 0.3 is 0 Å². The number of hydrogen-bond donors (Lipinski definition) is 0. The smallest absolute Gasteiger partial charge is 0.124 e. The molecule has 12 heavy (non-hydrogen) atoms. The molecule has 0 aliphatic heterocycles. The summed E-state index contributed by atoms with van der Waals surface area (Å²) < 4.78 is 5.00. The summed E-state index contributed by atoms with van der Waals surface area (Å²) >= 11 is 0. The molecule has 2 heteroatoms. The minimum Gasteiger partial charge on any atom is -0.380 e. The van der Waals surface area contributed by atoms with Gasteiger partial charge in [0.05, 0.1) is 6.61 Å². The molecule has 0 aromatic heterocycles. The fraction of sp³-hybridized carbons (Fsp3) is 0.300. The monoisotopic (exact) mass is 164 g/mol. The molecule has 0 N–H and O–H groups in total. The molecule has 64 valence electrons. The molecule has 0 amide bonds. The average Bonchev–Trinajstić information content (AvgIpc) is 2.09. The van der Waals surface area contributed by atoms with Gasteiger partial charge in [0, 0.05) is 13.5 Å². The van der Waals surface area contributed by atoms with E-state index in [1.807, 2.05) is 24.3 Å². The number of carbonyl (C=O) groups is 1. The van der Waals surface area contributed by atoms with Gasteiger partial charge in [-0.25, -0.2) is 0 Å². The molecule has 1 aromatic carbocycles. The van der Waals surface area contributed by atoms with Crippen molar-refractivity contribution in [3.05, 3.63) is 35.4 Å². The van der Waals surface area contributed by atoms with Crippen LogP contribution in [0.5, 0.6) is 0 Å².